The third-order valence-corrected chi connectivity index (χ3v) is 3.52. The van der Waals surface area contributed by atoms with Crippen LogP contribution in [0.4, 0.5) is 0 Å². The van der Waals surface area contributed by atoms with Gasteiger partial charge in [0.1, 0.15) is 0 Å². The van der Waals surface area contributed by atoms with E-state index in [2.05, 4.69) is 24.8 Å². The van der Waals surface area contributed by atoms with Crippen molar-refractivity contribution in [1.29, 1.82) is 0 Å². The molecule has 2 rings (SSSR count). The van der Waals surface area contributed by atoms with E-state index in [0.717, 1.165) is 24.7 Å². The van der Waals surface area contributed by atoms with Crippen molar-refractivity contribution < 1.29 is 4.74 Å². The van der Waals surface area contributed by atoms with E-state index in [9.17, 15) is 0 Å². The smallest absolute Gasteiger partial charge is 0.0674 e. The number of halogens is 1. The number of nitrogens with zero attached hydrogens (tertiary/aromatic N) is 1. The molecule has 0 spiro atoms. The van der Waals surface area contributed by atoms with Gasteiger partial charge in [-0.2, -0.15) is 0 Å². The van der Waals surface area contributed by atoms with E-state index in [1.165, 1.54) is 5.56 Å². The fourth-order valence-corrected chi connectivity index (χ4v) is 2.50. The maximum absolute atomic E-state index is 6.22. The average Bonchev–Trinajstić information content (AvgIpc) is 2.29. The second kappa shape index (κ2) is 5.17. The van der Waals surface area contributed by atoms with Gasteiger partial charge in [-0.1, -0.05) is 29.8 Å². The minimum Gasteiger partial charge on any atom is -0.376 e. The monoisotopic (exact) mass is 239 g/mol. The first-order chi connectivity index (χ1) is 7.68. The summed E-state index contributed by atoms with van der Waals surface area (Å²) in [6.45, 7) is 7.10. The molecule has 1 heterocycles. The number of morpholine rings is 1. The van der Waals surface area contributed by atoms with E-state index in [1.54, 1.807) is 0 Å². The maximum atomic E-state index is 6.22. The van der Waals surface area contributed by atoms with Gasteiger partial charge in [-0.3, -0.25) is 4.90 Å². The van der Waals surface area contributed by atoms with Crippen LogP contribution in [-0.4, -0.2) is 30.7 Å². The third kappa shape index (κ3) is 2.57. The van der Waals surface area contributed by atoms with E-state index in [0.29, 0.717) is 12.1 Å². The zero-order valence-electron chi connectivity index (χ0n) is 9.82. The Balaban J connectivity index is 2.12. The molecule has 1 fully saturated rings. The lowest BCUT2D eigenvalue weighted by Gasteiger charge is -2.36. The Kier molecular flexibility index (Phi) is 3.85. The van der Waals surface area contributed by atoms with E-state index < -0.39 is 0 Å². The molecule has 0 amide bonds. The topological polar surface area (TPSA) is 12.5 Å². The molecule has 0 saturated carbocycles. The lowest BCUT2D eigenvalue weighted by atomic mass is 10.1. The van der Waals surface area contributed by atoms with Gasteiger partial charge in [-0.15, -0.1) is 0 Å². The molecule has 0 radical (unpaired) electrons. The molecule has 0 bridgehead atoms. The molecule has 1 aromatic rings. The van der Waals surface area contributed by atoms with Crippen LogP contribution in [0.5, 0.6) is 0 Å². The number of hydrogen-bond donors (Lipinski definition) is 0. The van der Waals surface area contributed by atoms with Crippen LogP contribution in [-0.2, 0) is 4.74 Å². The Labute approximate surface area is 102 Å². The van der Waals surface area contributed by atoms with Crippen LogP contribution in [0.25, 0.3) is 0 Å². The predicted octanol–water partition coefficient (Wildman–Crippen LogP) is 3.12. The molecule has 2 nitrogen and oxygen atoms in total. The second-order valence-corrected chi connectivity index (χ2v) is 4.78. The Morgan fingerprint density at radius 2 is 2.19 bits per heavy atom. The van der Waals surface area contributed by atoms with E-state index in [1.807, 2.05) is 18.2 Å². The summed E-state index contributed by atoms with van der Waals surface area (Å²) in [6.07, 6.45) is 0.318. The van der Waals surface area contributed by atoms with Crippen molar-refractivity contribution in [2.45, 2.75) is 26.0 Å². The first kappa shape index (κ1) is 11.9. The fourth-order valence-electron chi connectivity index (χ4n) is 2.21. The minimum atomic E-state index is 0.318. The summed E-state index contributed by atoms with van der Waals surface area (Å²) in [4.78, 5) is 2.43. The van der Waals surface area contributed by atoms with Gasteiger partial charge in [0.25, 0.3) is 0 Å². The van der Waals surface area contributed by atoms with Gasteiger partial charge in [-0.05, 0) is 25.5 Å². The van der Waals surface area contributed by atoms with Crippen molar-refractivity contribution in [1.82, 2.24) is 4.90 Å². The van der Waals surface area contributed by atoms with Crippen LogP contribution in [0.1, 0.15) is 25.5 Å². The van der Waals surface area contributed by atoms with Crippen molar-refractivity contribution in [3.8, 4) is 0 Å². The third-order valence-electron chi connectivity index (χ3n) is 3.18. The van der Waals surface area contributed by atoms with E-state index in [-0.39, 0.29) is 0 Å². The number of ether oxygens (including phenoxy) is 1. The lowest BCUT2D eigenvalue weighted by molar-refractivity contribution is -0.0319. The summed E-state index contributed by atoms with van der Waals surface area (Å²) in [5, 5.41) is 0.856. The molecule has 88 valence electrons. The van der Waals surface area contributed by atoms with Crippen molar-refractivity contribution in [2.24, 2.45) is 0 Å². The SMILES string of the molecule is CC1CN(C(C)c2ccccc2Cl)CCO1. The standard InChI is InChI=1S/C13H18ClNO/c1-10-9-15(7-8-16-10)11(2)12-5-3-4-6-13(12)14/h3-6,10-11H,7-9H2,1-2H3. The van der Waals surface area contributed by atoms with Crippen LogP contribution >= 0.6 is 11.6 Å². The number of rotatable bonds is 2. The minimum absolute atomic E-state index is 0.318. The van der Waals surface area contributed by atoms with Gasteiger partial charge in [-0.25, -0.2) is 0 Å². The molecule has 0 aliphatic carbocycles. The van der Waals surface area contributed by atoms with Gasteiger partial charge >= 0.3 is 0 Å². The van der Waals surface area contributed by atoms with Gasteiger partial charge in [0.15, 0.2) is 0 Å². The Morgan fingerprint density at radius 3 is 2.88 bits per heavy atom. The predicted molar refractivity (Wildman–Crippen MR) is 66.9 cm³/mol. The lowest BCUT2D eigenvalue weighted by Crippen LogP contribution is -2.42. The molecule has 0 aromatic heterocycles. The molecule has 3 heteroatoms. The van der Waals surface area contributed by atoms with Crippen LogP contribution in [0, 0.1) is 0 Å². The van der Waals surface area contributed by atoms with Gasteiger partial charge in [0.05, 0.1) is 12.7 Å². The molecular weight excluding hydrogens is 222 g/mol. The van der Waals surface area contributed by atoms with Crippen molar-refractivity contribution in [3.05, 3.63) is 34.9 Å². The highest BCUT2D eigenvalue weighted by Crippen LogP contribution is 2.28. The van der Waals surface area contributed by atoms with Crippen LogP contribution in [0.3, 0.4) is 0 Å². The molecular formula is C13H18ClNO. The van der Waals surface area contributed by atoms with Crippen LogP contribution in [0.2, 0.25) is 5.02 Å². The largest absolute Gasteiger partial charge is 0.376 e. The molecule has 0 N–H and O–H groups in total. The summed E-state index contributed by atoms with van der Waals surface area (Å²) < 4.78 is 5.55. The summed E-state index contributed by atoms with van der Waals surface area (Å²) >= 11 is 6.22. The first-order valence-corrected chi connectivity index (χ1v) is 6.16. The Bertz CT molecular complexity index is 356. The van der Waals surface area contributed by atoms with Gasteiger partial charge < -0.3 is 4.74 Å². The zero-order chi connectivity index (χ0) is 11.5. The Morgan fingerprint density at radius 1 is 1.44 bits per heavy atom. The Hall–Kier alpha value is -0.570. The molecule has 1 aliphatic rings. The van der Waals surface area contributed by atoms with Gasteiger partial charge in [0.2, 0.25) is 0 Å². The normalized spacial score (nSPS) is 24.3. The number of benzene rings is 1. The highest BCUT2D eigenvalue weighted by molar-refractivity contribution is 6.31. The summed E-state index contributed by atoms with van der Waals surface area (Å²) in [6, 6.07) is 8.44. The summed E-state index contributed by atoms with van der Waals surface area (Å²) in [7, 11) is 0. The van der Waals surface area contributed by atoms with Crippen LogP contribution in [0.15, 0.2) is 24.3 Å². The van der Waals surface area contributed by atoms with Crippen molar-refractivity contribution in [2.75, 3.05) is 19.7 Å². The van der Waals surface area contributed by atoms with Crippen molar-refractivity contribution >= 4 is 11.6 Å². The highest BCUT2D eigenvalue weighted by Gasteiger charge is 2.23. The molecule has 2 atom stereocenters. The second-order valence-electron chi connectivity index (χ2n) is 4.37. The number of hydrogen-bond acceptors (Lipinski definition) is 2. The maximum Gasteiger partial charge on any atom is 0.0674 e. The first-order valence-electron chi connectivity index (χ1n) is 5.78. The summed E-state index contributed by atoms with van der Waals surface area (Å²) in [5.74, 6) is 0. The molecule has 1 aromatic carbocycles. The molecule has 2 unspecified atom stereocenters. The molecule has 1 aliphatic heterocycles. The fraction of sp³-hybridized carbons (Fsp3) is 0.538. The molecule has 1 saturated heterocycles. The van der Waals surface area contributed by atoms with Crippen LogP contribution < -0.4 is 0 Å². The van der Waals surface area contributed by atoms with E-state index in [4.69, 9.17) is 16.3 Å². The average molecular weight is 240 g/mol. The highest BCUT2D eigenvalue weighted by atomic mass is 35.5. The van der Waals surface area contributed by atoms with Crippen molar-refractivity contribution in [3.63, 3.8) is 0 Å². The summed E-state index contributed by atoms with van der Waals surface area (Å²) in [5.41, 5.74) is 1.21. The van der Waals surface area contributed by atoms with Gasteiger partial charge in [0, 0.05) is 24.2 Å². The quantitative estimate of drug-likeness (QED) is 0.786. The van der Waals surface area contributed by atoms with E-state index >= 15 is 0 Å². The zero-order valence-corrected chi connectivity index (χ0v) is 10.6. The molecule has 16 heavy (non-hydrogen) atoms.